The van der Waals surface area contributed by atoms with Crippen molar-refractivity contribution in [3.05, 3.63) is 0 Å². The molecule has 0 amide bonds. The minimum atomic E-state index is -4.02. The van der Waals surface area contributed by atoms with E-state index >= 15 is 0 Å². The molecule has 0 spiro atoms. The van der Waals surface area contributed by atoms with Gasteiger partial charge in [-0.25, -0.2) is 0 Å². The van der Waals surface area contributed by atoms with E-state index in [1.54, 1.807) is 20.8 Å². The molecule has 0 nitrogen and oxygen atoms in total. The maximum Gasteiger partial charge on any atom is 0.389 e. The molecule has 0 N–H and O–H groups in total. The van der Waals surface area contributed by atoms with E-state index < -0.39 is 18.0 Å². The van der Waals surface area contributed by atoms with Crippen molar-refractivity contribution >= 4 is 0 Å². The van der Waals surface area contributed by atoms with Crippen LogP contribution < -0.4 is 0 Å². The molecule has 0 fully saturated rings. The number of hydrogen-bond donors (Lipinski definition) is 0. The van der Waals surface area contributed by atoms with E-state index in [2.05, 4.69) is 55.4 Å². The lowest BCUT2D eigenvalue weighted by Gasteiger charge is -2.19. The summed E-state index contributed by atoms with van der Waals surface area (Å²) in [7, 11) is 0. The van der Waals surface area contributed by atoms with E-state index in [-0.39, 0.29) is 0 Å². The molecule has 0 bridgehead atoms. The fourth-order valence-corrected chi connectivity index (χ4v) is 0.601. The first kappa shape index (κ1) is 24.8. The van der Waals surface area contributed by atoms with Crippen molar-refractivity contribution < 1.29 is 13.2 Å². The summed E-state index contributed by atoms with van der Waals surface area (Å²) >= 11 is 0. The van der Waals surface area contributed by atoms with Crippen molar-refractivity contribution in [3.63, 3.8) is 0 Å². The molecule has 3 heteroatoms. The van der Waals surface area contributed by atoms with Gasteiger partial charge in [0.1, 0.15) is 0 Å². The molecule has 126 valence electrons. The van der Waals surface area contributed by atoms with Gasteiger partial charge in [-0.1, -0.05) is 82.6 Å². The van der Waals surface area contributed by atoms with Gasteiger partial charge in [-0.3, -0.25) is 0 Å². The Morgan fingerprint density at radius 3 is 0.800 bits per heavy atom. The molecule has 0 heterocycles. The van der Waals surface area contributed by atoms with Crippen LogP contribution >= 0.6 is 0 Å². The summed E-state index contributed by atoms with van der Waals surface area (Å²) in [5.74, 6) is 0. The molecule has 0 aliphatic heterocycles. The van der Waals surface area contributed by atoms with E-state index in [1.165, 1.54) is 6.42 Å². The Hall–Kier alpha value is -0.210. The number of alkyl halides is 3. The molecule has 0 unspecified atom stereocenters. The predicted octanol–water partition coefficient (Wildman–Crippen LogP) is 7.48. The first-order valence-corrected chi connectivity index (χ1v) is 7.33. The Balaban J connectivity index is -0.000000230. The second-order valence-corrected chi connectivity index (χ2v) is 9.27. The third kappa shape index (κ3) is 64.9. The van der Waals surface area contributed by atoms with Crippen LogP contribution in [-0.2, 0) is 0 Å². The SMILES string of the molecule is CC(C)(C)C.CC(C)(C)CC(F)(F)F.CCC(C)(C)C. The monoisotopic (exact) mass is 298 g/mol. The number of halogens is 3. The van der Waals surface area contributed by atoms with Gasteiger partial charge in [-0.05, 0) is 16.2 Å². The van der Waals surface area contributed by atoms with Gasteiger partial charge in [0, 0.05) is 6.42 Å². The molecule has 0 saturated heterocycles. The fourth-order valence-electron chi connectivity index (χ4n) is 0.601. The van der Waals surface area contributed by atoms with Crippen LogP contribution in [0, 0.1) is 16.2 Å². The van der Waals surface area contributed by atoms with E-state index in [0.29, 0.717) is 10.8 Å². The summed E-state index contributed by atoms with van der Waals surface area (Å²) in [6.07, 6.45) is -3.45. The first-order chi connectivity index (χ1) is 8.27. The molecular formula is C17H37F3. The van der Waals surface area contributed by atoms with Crippen LogP contribution in [0.4, 0.5) is 13.2 Å². The maximum atomic E-state index is 11.6. The van der Waals surface area contributed by atoms with Crippen LogP contribution in [0.25, 0.3) is 0 Å². The number of hydrogen-bond acceptors (Lipinski definition) is 0. The van der Waals surface area contributed by atoms with Gasteiger partial charge >= 0.3 is 6.18 Å². The molecule has 0 aromatic heterocycles. The van der Waals surface area contributed by atoms with Crippen LogP contribution in [0.2, 0.25) is 0 Å². The topological polar surface area (TPSA) is 0 Å². The lowest BCUT2D eigenvalue weighted by Crippen LogP contribution is -2.18. The molecule has 0 aliphatic rings. The zero-order valence-electron chi connectivity index (χ0n) is 15.5. The second kappa shape index (κ2) is 8.94. The molecule has 0 atom stereocenters. The summed E-state index contributed by atoms with van der Waals surface area (Å²) in [5, 5.41) is 0. The normalized spacial score (nSPS) is 12.9. The Labute approximate surface area is 125 Å². The van der Waals surface area contributed by atoms with Crippen molar-refractivity contribution in [1.82, 2.24) is 0 Å². The highest BCUT2D eigenvalue weighted by Gasteiger charge is 2.33. The van der Waals surface area contributed by atoms with Gasteiger partial charge in [0.2, 0.25) is 0 Å². The van der Waals surface area contributed by atoms with E-state index in [1.807, 2.05) is 0 Å². The first-order valence-electron chi connectivity index (χ1n) is 7.33. The van der Waals surface area contributed by atoms with Crippen LogP contribution in [-0.4, -0.2) is 6.18 Å². The minimum Gasteiger partial charge on any atom is -0.171 e. The van der Waals surface area contributed by atoms with E-state index in [0.717, 1.165) is 0 Å². The predicted molar refractivity (Wildman–Crippen MR) is 85.0 cm³/mol. The van der Waals surface area contributed by atoms with Crippen LogP contribution in [0.3, 0.4) is 0 Å². The van der Waals surface area contributed by atoms with Crippen molar-refractivity contribution in [2.45, 2.75) is 95.2 Å². The lowest BCUT2D eigenvalue weighted by molar-refractivity contribution is -0.152. The van der Waals surface area contributed by atoms with Gasteiger partial charge in [-0.2, -0.15) is 13.2 Å². The zero-order chi connectivity index (χ0) is 17.4. The third-order valence-electron chi connectivity index (χ3n) is 1.79. The standard InChI is InChI=1S/C6H11F3.C6H14.C5H12/c1-5(2,3)4-6(7,8)9;1-5-6(2,3)4;1-5(2,3)4/h4H2,1-3H3;5H2,1-4H3;1-4H3. The molecular weight excluding hydrogens is 261 g/mol. The zero-order valence-corrected chi connectivity index (χ0v) is 15.5. The van der Waals surface area contributed by atoms with Crippen molar-refractivity contribution in [2.75, 3.05) is 0 Å². The number of rotatable bonds is 0. The molecule has 0 aromatic carbocycles. The summed E-state index contributed by atoms with van der Waals surface area (Å²) in [6, 6.07) is 0. The molecule has 20 heavy (non-hydrogen) atoms. The van der Waals surface area contributed by atoms with E-state index in [4.69, 9.17) is 0 Å². The summed E-state index contributed by atoms with van der Waals surface area (Å²) in [4.78, 5) is 0. The highest BCUT2D eigenvalue weighted by molar-refractivity contribution is 4.66. The van der Waals surface area contributed by atoms with Gasteiger partial charge in [0.05, 0.1) is 0 Å². The van der Waals surface area contributed by atoms with Crippen molar-refractivity contribution in [2.24, 2.45) is 16.2 Å². The highest BCUT2D eigenvalue weighted by atomic mass is 19.4. The smallest absolute Gasteiger partial charge is 0.171 e. The lowest BCUT2D eigenvalue weighted by atomic mass is 9.92. The minimum absolute atomic E-state index is 0.500. The summed E-state index contributed by atoms with van der Waals surface area (Å²) in [5.41, 5.74) is 0.401. The maximum absolute atomic E-state index is 11.6. The Morgan fingerprint density at radius 1 is 0.600 bits per heavy atom. The van der Waals surface area contributed by atoms with Gasteiger partial charge in [-0.15, -0.1) is 0 Å². The summed E-state index contributed by atoms with van der Waals surface area (Å²) < 4.78 is 34.7. The average Bonchev–Trinajstić information content (AvgIpc) is 1.92. The molecule has 0 radical (unpaired) electrons. The van der Waals surface area contributed by atoms with Gasteiger partial charge in [0.15, 0.2) is 0 Å². The Bertz CT molecular complexity index is 201. The molecule has 0 saturated carbocycles. The third-order valence-corrected chi connectivity index (χ3v) is 1.79. The molecule has 0 rings (SSSR count). The van der Waals surface area contributed by atoms with Crippen LogP contribution in [0.15, 0.2) is 0 Å². The van der Waals surface area contributed by atoms with Crippen LogP contribution in [0.1, 0.15) is 89.0 Å². The molecule has 0 aromatic rings. The average molecular weight is 298 g/mol. The quantitative estimate of drug-likeness (QED) is 0.435. The van der Waals surface area contributed by atoms with Gasteiger partial charge < -0.3 is 0 Å². The van der Waals surface area contributed by atoms with Crippen molar-refractivity contribution in [1.29, 1.82) is 0 Å². The van der Waals surface area contributed by atoms with Crippen LogP contribution in [0.5, 0.6) is 0 Å². The van der Waals surface area contributed by atoms with Gasteiger partial charge in [0.25, 0.3) is 0 Å². The highest BCUT2D eigenvalue weighted by Crippen LogP contribution is 2.31. The second-order valence-electron chi connectivity index (χ2n) is 9.27. The molecule has 0 aliphatic carbocycles. The summed E-state index contributed by atoms with van der Waals surface area (Å²) in [6.45, 7) is 22.4. The Morgan fingerprint density at radius 2 is 0.800 bits per heavy atom. The Kier molecular flexibility index (Phi) is 11.1. The largest absolute Gasteiger partial charge is 0.389 e. The van der Waals surface area contributed by atoms with Crippen molar-refractivity contribution in [3.8, 4) is 0 Å². The fraction of sp³-hybridized carbons (Fsp3) is 1.00. The van der Waals surface area contributed by atoms with E-state index in [9.17, 15) is 13.2 Å².